The Morgan fingerprint density at radius 3 is 0.926 bits per heavy atom. The highest BCUT2D eigenvalue weighted by molar-refractivity contribution is 7.60. The van der Waals surface area contributed by atoms with E-state index in [1.165, 1.54) is 12.3 Å². The summed E-state index contributed by atoms with van der Waals surface area (Å²) in [7, 11) is -0.218. The quantitative estimate of drug-likeness (QED) is 0.420. The standard InChI is InChI=1S/C24H44P2.H3P/c1-21(2,3)25(22(4,5)6)17-19-15-13-14-16-20(19)18-26(23(7,8)9)24(10,11)12;/h13-16H,17-18H2,1-12H3;1H3. The Morgan fingerprint density at radius 1 is 0.519 bits per heavy atom. The van der Waals surface area contributed by atoms with Crippen LogP contribution in [0, 0.1) is 0 Å². The van der Waals surface area contributed by atoms with Crippen molar-refractivity contribution in [1.29, 1.82) is 0 Å². The van der Waals surface area contributed by atoms with Gasteiger partial charge in [0.05, 0.1) is 0 Å². The van der Waals surface area contributed by atoms with E-state index in [0.717, 1.165) is 0 Å². The summed E-state index contributed by atoms with van der Waals surface area (Å²) >= 11 is 0. The van der Waals surface area contributed by atoms with Crippen molar-refractivity contribution >= 4 is 25.7 Å². The van der Waals surface area contributed by atoms with Gasteiger partial charge in [-0.15, -0.1) is 0 Å². The molecular weight excluding hydrogens is 381 g/mol. The van der Waals surface area contributed by atoms with Gasteiger partial charge in [-0.2, -0.15) is 9.90 Å². The lowest BCUT2D eigenvalue weighted by Gasteiger charge is -2.43. The summed E-state index contributed by atoms with van der Waals surface area (Å²) in [6.45, 7) is 29.2. The fourth-order valence-electron chi connectivity index (χ4n) is 4.17. The summed E-state index contributed by atoms with van der Waals surface area (Å²) in [5.74, 6) is 0. The predicted molar refractivity (Wildman–Crippen MR) is 138 cm³/mol. The van der Waals surface area contributed by atoms with Gasteiger partial charge in [0.15, 0.2) is 0 Å². The molecule has 0 saturated carbocycles. The third-order valence-corrected chi connectivity index (χ3v) is 12.8. The van der Waals surface area contributed by atoms with Crippen LogP contribution in [-0.4, -0.2) is 20.6 Å². The molecule has 27 heavy (non-hydrogen) atoms. The van der Waals surface area contributed by atoms with Crippen LogP contribution in [0.5, 0.6) is 0 Å². The fourth-order valence-corrected chi connectivity index (χ4v) is 11.4. The molecule has 1 aromatic carbocycles. The van der Waals surface area contributed by atoms with E-state index in [4.69, 9.17) is 0 Å². The highest BCUT2D eigenvalue weighted by Crippen LogP contribution is 2.63. The molecule has 0 aromatic heterocycles. The Balaban J connectivity index is 0.00000676. The van der Waals surface area contributed by atoms with Crippen LogP contribution in [0.4, 0.5) is 0 Å². The molecule has 0 aliphatic carbocycles. The van der Waals surface area contributed by atoms with E-state index in [1.54, 1.807) is 11.1 Å². The Morgan fingerprint density at radius 2 is 0.741 bits per heavy atom. The largest absolute Gasteiger partial charge is 0.153 e. The van der Waals surface area contributed by atoms with Crippen LogP contribution in [0.25, 0.3) is 0 Å². The molecule has 1 atom stereocenters. The highest BCUT2D eigenvalue weighted by atomic mass is 31.1. The molecule has 1 rings (SSSR count). The minimum absolute atomic E-state index is 0. The van der Waals surface area contributed by atoms with Gasteiger partial charge in [0.25, 0.3) is 0 Å². The lowest BCUT2D eigenvalue weighted by Crippen LogP contribution is -2.27. The molecule has 0 amide bonds. The first kappa shape index (κ1) is 27.5. The zero-order valence-corrected chi connectivity index (χ0v) is 23.5. The normalized spacial score (nSPS) is 13.9. The molecule has 0 radical (unpaired) electrons. The van der Waals surface area contributed by atoms with E-state index in [-0.39, 0.29) is 25.7 Å². The predicted octanol–water partition coefficient (Wildman–Crippen LogP) is 8.90. The van der Waals surface area contributed by atoms with Crippen molar-refractivity contribution in [3.63, 3.8) is 0 Å². The minimum atomic E-state index is -0.109. The van der Waals surface area contributed by atoms with Crippen LogP contribution in [0.1, 0.15) is 94.2 Å². The van der Waals surface area contributed by atoms with Crippen molar-refractivity contribution in [2.45, 2.75) is 116 Å². The maximum absolute atomic E-state index is 2.43. The van der Waals surface area contributed by atoms with E-state index in [0.29, 0.717) is 20.6 Å². The van der Waals surface area contributed by atoms with E-state index in [1.807, 2.05) is 0 Å². The molecule has 1 aromatic rings. The molecule has 0 heterocycles. The summed E-state index contributed by atoms with van der Waals surface area (Å²) in [6, 6.07) is 9.30. The first-order chi connectivity index (χ1) is 11.4. The molecule has 158 valence electrons. The first-order valence-electron chi connectivity index (χ1n) is 10.1. The average molecular weight is 429 g/mol. The van der Waals surface area contributed by atoms with E-state index >= 15 is 0 Å². The van der Waals surface area contributed by atoms with Crippen LogP contribution < -0.4 is 0 Å². The lowest BCUT2D eigenvalue weighted by molar-refractivity contribution is 0.699. The average Bonchev–Trinajstić information content (AvgIpc) is 2.38. The van der Waals surface area contributed by atoms with Gasteiger partial charge in [-0.05, 0) is 44.1 Å². The van der Waals surface area contributed by atoms with Crippen molar-refractivity contribution in [3.8, 4) is 0 Å². The van der Waals surface area contributed by atoms with Gasteiger partial charge in [-0.3, -0.25) is 0 Å². The number of benzene rings is 1. The topological polar surface area (TPSA) is 0 Å². The second-order valence-corrected chi connectivity index (χ2v) is 19.3. The van der Waals surface area contributed by atoms with Gasteiger partial charge in [0, 0.05) is 0 Å². The van der Waals surface area contributed by atoms with Crippen LogP contribution in [0.15, 0.2) is 24.3 Å². The fraction of sp³-hybridized carbons (Fsp3) is 0.750. The number of hydrogen-bond donors (Lipinski definition) is 0. The van der Waals surface area contributed by atoms with Crippen LogP contribution in [0.3, 0.4) is 0 Å². The van der Waals surface area contributed by atoms with Crippen LogP contribution >= 0.6 is 25.7 Å². The summed E-state index contributed by atoms with van der Waals surface area (Å²) in [4.78, 5) is 0. The van der Waals surface area contributed by atoms with Crippen molar-refractivity contribution in [2.24, 2.45) is 0 Å². The Labute approximate surface area is 177 Å². The maximum atomic E-state index is 2.43. The number of hydrogen-bond acceptors (Lipinski definition) is 0. The van der Waals surface area contributed by atoms with Gasteiger partial charge in [0.2, 0.25) is 0 Å². The zero-order chi connectivity index (χ0) is 20.6. The summed E-state index contributed by atoms with van der Waals surface area (Å²) in [6.07, 6.45) is 2.49. The van der Waals surface area contributed by atoms with Gasteiger partial charge < -0.3 is 0 Å². The minimum Gasteiger partial charge on any atom is -0.153 e. The van der Waals surface area contributed by atoms with Gasteiger partial charge >= 0.3 is 0 Å². The zero-order valence-electron chi connectivity index (χ0n) is 20.3. The summed E-state index contributed by atoms with van der Waals surface area (Å²) in [5, 5.41) is 1.50. The Bertz CT molecular complexity index is 496. The third kappa shape index (κ3) is 8.41. The molecule has 0 spiro atoms. The molecule has 0 fully saturated rings. The van der Waals surface area contributed by atoms with E-state index < -0.39 is 0 Å². The molecule has 3 heteroatoms. The van der Waals surface area contributed by atoms with Crippen molar-refractivity contribution in [3.05, 3.63) is 35.4 Å². The lowest BCUT2D eigenvalue weighted by atomic mass is 10.1. The monoisotopic (exact) mass is 428 g/mol. The molecule has 1 unspecified atom stereocenters. The number of rotatable bonds is 4. The molecular formula is C24H47P3. The molecule has 0 bridgehead atoms. The van der Waals surface area contributed by atoms with Crippen molar-refractivity contribution in [2.75, 3.05) is 0 Å². The molecule has 0 N–H and O–H groups in total. The molecule has 0 nitrogen and oxygen atoms in total. The third-order valence-electron chi connectivity index (χ3n) is 5.01. The second-order valence-electron chi connectivity index (χ2n) is 11.6. The highest BCUT2D eigenvalue weighted by Gasteiger charge is 2.36. The molecule has 0 aliphatic heterocycles. The summed E-state index contributed by atoms with van der Waals surface area (Å²) in [5.41, 5.74) is 3.20. The van der Waals surface area contributed by atoms with Gasteiger partial charge in [0.1, 0.15) is 0 Å². The van der Waals surface area contributed by atoms with Crippen LogP contribution in [-0.2, 0) is 12.3 Å². The van der Waals surface area contributed by atoms with Gasteiger partial charge in [-0.1, -0.05) is 123 Å². The smallest absolute Gasteiger partial charge is 0.00608 e. The van der Waals surface area contributed by atoms with Crippen molar-refractivity contribution < 1.29 is 0 Å². The second kappa shape index (κ2) is 9.55. The summed E-state index contributed by atoms with van der Waals surface area (Å²) < 4.78 is 0. The molecule has 0 saturated heterocycles. The van der Waals surface area contributed by atoms with Crippen molar-refractivity contribution in [1.82, 2.24) is 0 Å². The van der Waals surface area contributed by atoms with E-state index in [2.05, 4.69) is 107 Å². The van der Waals surface area contributed by atoms with Crippen LogP contribution in [0.2, 0.25) is 0 Å². The first-order valence-corrected chi connectivity index (χ1v) is 13.1. The SMILES string of the molecule is CC(C)(C)P(Cc1ccccc1CP(C(C)(C)C)C(C)(C)C)C(C)(C)C.P. The van der Waals surface area contributed by atoms with Gasteiger partial charge in [-0.25, -0.2) is 0 Å². The Hall–Kier alpha value is 0.510. The Kier molecular flexibility index (Phi) is 9.73. The molecule has 0 aliphatic rings. The maximum Gasteiger partial charge on any atom is -0.00608 e. The van der Waals surface area contributed by atoms with E-state index in [9.17, 15) is 0 Å².